The molecule has 334 valence electrons. The van der Waals surface area contributed by atoms with Crippen molar-refractivity contribution in [3.63, 3.8) is 0 Å². The van der Waals surface area contributed by atoms with Crippen molar-refractivity contribution in [3.05, 3.63) is 36.0 Å². The molecule has 1 saturated heterocycles. The molecule has 2 aromatic rings. The number of hydrogen-bond donors (Lipinski definition) is 1. The third-order valence-electron chi connectivity index (χ3n) is 17.4. The molecular formula is C49H78N5O5P. The van der Waals surface area contributed by atoms with E-state index < -0.39 is 7.60 Å². The van der Waals surface area contributed by atoms with Crippen LogP contribution in [0.25, 0.3) is 11.2 Å². The molecular weight excluding hydrogens is 770 g/mol. The van der Waals surface area contributed by atoms with Crippen molar-refractivity contribution in [1.82, 2.24) is 19.5 Å². The number of carbonyl (C=O) groups is 1. The number of ether oxygens (including phenoxy) is 1. The number of allylic oxidation sites excluding steroid dienone is 3. The van der Waals surface area contributed by atoms with Crippen molar-refractivity contribution in [3.8, 4) is 0 Å². The topological polar surface area (TPSA) is 117 Å². The zero-order valence-electron chi connectivity index (χ0n) is 39.5. The van der Waals surface area contributed by atoms with Gasteiger partial charge in [-0.25, -0.2) is 15.0 Å². The van der Waals surface area contributed by atoms with Gasteiger partial charge in [-0.15, -0.1) is 0 Å². The number of hydrogen-bond acceptors (Lipinski definition) is 9. The number of carbonyl (C=O) groups excluding carboxylic acids is 1. The van der Waals surface area contributed by atoms with Crippen LogP contribution in [0.1, 0.15) is 148 Å². The van der Waals surface area contributed by atoms with E-state index in [-0.39, 0.29) is 70.4 Å². The van der Waals surface area contributed by atoms with E-state index >= 15 is 0 Å². The van der Waals surface area contributed by atoms with Gasteiger partial charge in [0.2, 0.25) is 0 Å². The Morgan fingerprint density at radius 3 is 2.48 bits per heavy atom. The number of rotatable bonds is 13. The van der Waals surface area contributed by atoms with E-state index in [0.29, 0.717) is 53.0 Å². The number of nitrogens with one attached hydrogen (secondary N) is 1. The lowest BCUT2D eigenvalue weighted by Gasteiger charge is -2.61. The predicted molar refractivity (Wildman–Crippen MR) is 242 cm³/mol. The van der Waals surface area contributed by atoms with Gasteiger partial charge in [-0.05, 0) is 128 Å². The van der Waals surface area contributed by atoms with Gasteiger partial charge in [0.05, 0.1) is 25.1 Å². The average Bonchev–Trinajstić information content (AvgIpc) is 3.81. The molecule has 10 nitrogen and oxygen atoms in total. The molecule has 6 unspecified atom stereocenters. The summed E-state index contributed by atoms with van der Waals surface area (Å²) in [4.78, 5) is 27.8. The fraction of sp³-hybridized carbons (Fsp3) is 0.796. The molecule has 3 heterocycles. The number of ketones is 1. The SMILES string of the molecule is CC(C)=CCNc1ncnc2c1ncn2C1OC(COP(C)(=O)O[C@H](CCC(C)(C)C)[C@@H](C)[C@H]2CC[C@@]3(C)C4=CC(=O)[C@@H]5C[C@@H](C)[C@@H](C)C[C@]5(C)C4CC[C@]23C)C(C)C1C. The molecule has 7 rings (SSSR count). The lowest BCUT2D eigenvalue weighted by Crippen LogP contribution is -2.56. The summed E-state index contributed by atoms with van der Waals surface area (Å²) in [7, 11) is -3.50. The Labute approximate surface area is 361 Å². The quantitative estimate of drug-likeness (QED) is 0.155. The van der Waals surface area contributed by atoms with Crippen LogP contribution in [0.3, 0.4) is 0 Å². The first-order valence-electron chi connectivity index (χ1n) is 23.4. The Morgan fingerprint density at radius 1 is 1.05 bits per heavy atom. The van der Waals surface area contributed by atoms with Crippen LogP contribution in [0, 0.1) is 69.0 Å². The second-order valence-electron chi connectivity index (χ2n) is 22.6. The third-order valence-corrected chi connectivity index (χ3v) is 18.6. The van der Waals surface area contributed by atoms with Crippen LogP contribution in [0.2, 0.25) is 0 Å². The highest BCUT2D eigenvalue weighted by Gasteiger charge is 2.65. The van der Waals surface area contributed by atoms with Gasteiger partial charge < -0.3 is 19.1 Å². The monoisotopic (exact) mass is 848 g/mol. The molecule has 1 N–H and O–H groups in total. The second-order valence-corrected chi connectivity index (χ2v) is 24.6. The van der Waals surface area contributed by atoms with Crippen LogP contribution in [0.5, 0.6) is 0 Å². The molecule has 1 aliphatic heterocycles. The van der Waals surface area contributed by atoms with Gasteiger partial charge in [0.25, 0.3) is 0 Å². The summed E-state index contributed by atoms with van der Waals surface area (Å²) in [6.45, 7) is 32.3. The Balaban J connectivity index is 1.06. The van der Waals surface area contributed by atoms with Crippen molar-refractivity contribution in [1.29, 1.82) is 0 Å². The summed E-state index contributed by atoms with van der Waals surface area (Å²) < 4.78 is 36.4. The summed E-state index contributed by atoms with van der Waals surface area (Å²) in [5.41, 5.74) is 4.19. The van der Waals surface area contributed by atoms with E-state index in [2.05, 4.69) is 122 Å². The predicted octanol–water partition coefficient (Wildman–Crippen LogP) is 12.1. The second kappa shape index (κ2) is 16.6. The van der Waals surface area contributed by atoms with Gasteiger partial charge in [0.15, 0.2) is 22.8 Å². The summed E-state index contributed by atoms with van der Waals surface area (Å²) in [5, 5.41) is 3.37. The number of anilines is 1. The molecule has 60 heavy (non-hydrogen) atoms. The largest absolute Gasteiger partial charge is 0.365 e. The van der Waals surface area contributed by atoms with Crippen LogP contribution in [0.4, 0.5) is 5.82 Å². The van der Waals surface area contributed by atoms with Gasteiger partial charge in [0.1, 0.15) is 12.6 Å². The van der Waals surface area contributed by atoms with Crippen molar-refractivity contribution < 1.29 is 23.1 Å². The van der Waals surface area contributed by atoms with E-state index in [1.165, 1.54) is 11.1 Å². The molecule has 0 spiro atoms. The summed E-state index contributed by atoms with van der Waals surface area (Å²) in [6, 6.07) is 0. The zero-order chi connectivity index (χ0) is 43.7. The smallest absolute Gasteiger partial charge is 0.328 e. The first kappa shape index (κ1) is 45.6. The Kier molecular flexibility index (Phi) is 12.6. The first-order chi connectivity index (χ1) is 28.0. The standard InChI is InChI=1S/C49H78N5O5P/c1-29(2)18-22-50-43-42-44(52-27-51-43)54(28-53-42)45-33(6)32(5)41(58-45)26-57-60(14,56)59-40(17-19-46(8,9)10)34(7)35-15-20-49(13)37-24-39(55)38-23-30(3)31(4)25-47(38,11)36(37)16-21-48(35,49)12/h18,24,27-28,30-36,38,40-41,45H,15-17,19-23,25-26H2,1-14H3,(H,50,51,52)/t30-,31+,32?,33?,34+,35-,36?,38+,40-,41?,45?,47-,48-,49+,60?/m1/s1. The molecule has 0 aromatic carbocycles. The maximum Gasteiger partial charge on any atom is 0.328 e. The number of imidazole rings is 1. The molecule has 15 atom stereocenters. The van der Waals surface area contributed by atoms with Crippen LogP contribution >= 0.6 is 7.60 Å². The molecule has 11 heteroatoms. The Bertz CT molecular complexity index is 2020. The third kappa shape index (κ3) is 8.27. The van der Waals surface area contributed by atoms with E-state index in [1.54, 1.807) is 19.3 Å². The van der Waals surface area contributed by atoms with Gasteiger partial charge in [-0.1, -0.05) is 93.4 Å². The highest BCUT2D eigenvalue weighted by atomic mass is 31.2. The van der Waals surface area contributed by atoms with Crippen molar-refractivity contribution in [2.75, 3.05) is 25.1 Å². The van der Waals surface area contributed by atoms with E-state index in [9.17, 15) is 9.36 Å². The summed E-state index contributed by atoms with van der Waals surface area (Å²) in [6.07, 6.45) is 15.2. The van der Waals surface area contributed by atoms with E-state index in [1.807, 2.05) is 4.57 Å². The van der Waals surface area contributed by atoms with Crippen LogP contribution in [-0.2, 0) is 23.1 Å². The fourth-order valence-corrected chi connectivity index (χ4v) is 14.2. The van der Waals surface area contributed by atoms with E-state index in [4.69, 9.17) is 13.8 Å². The van der Waals surface area contributed by atoms with Crippen molar-refractivity contribution >= 4 is 30.4 Å². The number of nitrogens with zero attached hydrogens (tertiary/aromatic N) is 4. The fourth-order valence-electron chi connectivity index (χ4n) is 12.9. The van der Waals surface area contributed by atoms with Crippen LogP contribution < -0.4 is 5.32 Å². The lowest BCUT2D eigenvalue weighted by molar-refractivity contribution is -0.134. The normalized spacial score (nSPS) is 38.7. The van der Waals surface area contributed by atoms with Gasteiger partial charge in [-0.3, -0.25) is 13.9 Å². The first-order valence-corrected chi connectivity index (χ1v) is 25.4. The van der Waals surface area contributed by atoms with Gasteiger partial charge in [0, 0.05) is 25.0 Å². The van der Waals surface area contributed by atoms with Crippen LogP contribution in [0.15, 0.2) is 36.0 Å². The molecule has 4 aliphatic carbocycles. The number of fused-ring (bicyclic) bond motifs is 6. The molecule has 4 fully saturated rings. The minimum Gasteiger partial charge on any atom is -0.365 e. The van der Waals surface area contributed by atoms with Gasteiger partial charge in [-0.2, -0.15) is 0 Å². The molecule has 5 aliphatic rings. The molecule has 2 aromatic heterocycles. The minimum atomic E-state index is -3.50. The zero-order valence-corrected chi connectivity index (χ0v) is 40.4. The maximum absolute atomic E-state index is 14.5. The number of aromatic nitrogens is 4. The maximum atomic E-state index is 14.5. The van der Waals surface area contributed by atoms with Crippen molar-refractivity contribution in [2.24, 2.45) is 69.0 Å². The summed E-state index contributed by atoms with van der Waals surface area (Å²) >= 11 is 0. The molecule has 0 amide bonds. The minimum absolute atomic E-state index is 0.0108. The Hall–Kier alpha value is -2.39. The molecule has 0 radical (unpaired) electrons. The molecule has 3 saturated carbocycles. The average molecular weight is 848 g/mol. The van der Waals surface area contributed by atoms with E-state index in [0.717, 1.165) is 51.4 Å². The van der Waals surface area contributed by atoms with Gasteiger partial charge >= 0.3 is 7.60 Å². The Morgan fingerprint density at radius 2 is 1.78 bits per heavy atom. The van der Waals surface area contributed by atoms with Crippen LogP contribution in [-0.4, -0.2) is 57.3 Å². The summed E-state index contributed by atoms with van der Waals surface area (Å²) in [5.74, 6) is 3.71. The van der Waals surface area contributed by atoms with Crippen molar-refractivity contribution in [2.45, 2.75) is 160 Å². The highest BCUT2D eigenvalue weighted by molar-refractivity contribution is 7.53. The molecule has 0 bridgehead atoms. The lowest BCUT2D eigenvalue weighted by atomic mass is 9.42. The highest BCUT2D eigenvalue weighted by Crippen LogP contribution is 2.72.